The van der Waals surface area contributed by atoms with Gasteiger partial charge in [0, 0.05) is 0 Å². The molecule has 0 bridgehead atoms. The minimum atomic E-state index is 1.19. The van der Waals surface area contributed by atoms with Crippen molar-refractivity contribution in [3.8, 4) is 22.3 Å². The van der Waals surface area contributed by atoms with Gasteiger partial charge in [-0.25, -0.2) is 0 Å². The molecule has 0 saturated carbocycles. The van der Waals surface area contributed by atoms with Crippen molar-refractivity contribution in [2.24, 2.45) is 0 Å². The monoisotopic (exact) mass is 534 g/mol. The molecule has 0 atom stereocenters. The average molecular weight is 535 g/mol. The Bertz CT molecular complexity index is 2300. The molecule has 0 aliphatic heterocycles. The summed E-state index contributed by atoms with van der Waals surface area (Å²) in [6, 6.07) is 50.2. The van der Waals surface area contributed by atoms with E-state index in [9.17, 15) is 0 Å². The third-order valence-electron chi connectivity index (χ3n) is 9.58. The summed E-state index contributed by atoms with van der Waals surface area (Å²) in [5.74, 6) is 0. The van der Waals surface area contributed by atoms with E-state index >= 15 is 0 Å². The highest BCUT2D eigenvalue weighted by Gasteiger charge is 2.19. The van der Waals surface area contributed by atoms with Crippen molar-refractivity contribution >= 4 is 53.9 Å². The first kappa shape index (κ1) is 23.7. The smallest absolute Gasteiger partial charge is 0.00201 e. The van der Waals surface area contributed by atoms with Gasteiger partial charge in [0.2, 0.25) is 0 Å². The highest BCUT2D eigenvalue weighted by Crippen LogP contribution is 2.46. The maximum atomic E-state index is 2.48. The largest absolute Gasteiger partial charge is 0.0616 e. The van der Waals surface area contributed by atoms with Crippen molar-refractivity contribution in [1.29, 1.82) is 0 Å². The van der Waals surface area contributed by atoms with Crippen LogP contribution in [0.5, 0.6) is 0 Å². The van der Waals surface area contributed by atoms with Crippen molar-refractivity contribution in [3.63, 3.8) is 0 Å². The number of benzene rings is 8. The van der Waals surface area contributed by atoms with E-state index in [-0.39, 0.29) is 0 Å². The van der Waals surface area contributed by atoms with Gasteiger partial charge in [0.05, 0.1) is 0 Å². The maximum Gasteiger partial charge on any atom is -0.00201 e. The van der Waals surface area contributed by atoms with Crippen molar-refractivity contribution in [3.05, 3.63) is 145 Å². The van der Waals surface area contributed by atoms with Gasteiger partial charge in [-0.2, -0.15) is 0 Å². The molecule has 0 fully saturated rings. The fraction of sp³-hybridized carbons (Fsp3) is 0.0952. The van der Waals surface area contributed by atoms with Gasteiger partial charge in [-0.15, -0.1) is 0 Å². The molecule has 0 nitrogen and oxygen atoms in total. The highest BCUT2D eigenvalue weighted by molar-refractivity contribution is 6.25. The number of hydrogen-bond donors (Lipinski definition) is 0. The second kappa shape index (κ2) is 9.29. The van der Waals surface area contributed by atoms with E-state index in [0.717, 1.165) is 0 Å². The van der Waals surface area contributed by atoms with Crippen molar-refractivity contribution < 1.29 is 0 Å². The Hall–Kier alpha value is -4.94. The van der Waals surface area contributed by atoms with Crippen LogP contribution < -0.4 is 0 Å². The molecule has 0 heterocycles. The summed E-state index contributed by atoms with van der Waals surface area (Å²) >= 11 is 0. The van der Waals surface area contributed by atoms with E-state index in [1.165, 1.54) is 113 Å². The molecule has 8 aromatic carbocycles. The Morgan fingerprint density at radius 2 is 0.952 bits per heavy atom. The van der Waals surface area contributed by atoms with Gasteiger partial charge < -0.3 is 0 Å². The Morgan fingerprint density at radius 1 is 0.333 bits per heavy atom. The fourth-order valence-corrected chi connectivity index (χ4v) is 7.62. The normalized spacial score (nSPS) is 13.3. The van der Waals surface area contributed by atoms with Crippen molar-refractivity contribution in [2.45, 2.75) is 25.7 Å². The van der Waals surface area contributed by atoms with Crippen LogP contribution >= 0.6 is 0 Å². The summed E-state index contributed by atoms with van der Waals surface area (Å²) in [4.78, 5) is 0. The van der Waals surface area contributed by atoms with Crippen LogP contribution in [0.15, 0.2) is 133 Å². The number of aryl methyl sites for hydroxylation is 2. The third kappa shape index (κ3) is 3.55. The Balaban J connectivity index is 1.37. The molecule has 0 heteroatoms. The molecular formula is C42H30. The van der Waals surface area contributed by atoms with Gasteiger partial charge in [0.1, 0.15) is 0 Å². The van der Waals surface area contributed by atoms with E-state index in [4.69, 9.17) is 0 Å². The first-order valence-corrected chi connectivity index (χ1v) is 15.2. The molecule has 1 aliphatic carbocycles. The SMILES string of the molecule is c1ccc2cc3c(ccc4c(-c5c6ccccc6c(-c6ccc7c(c6)CCCC7)c6ccccc56)cccc43)cc2c1. The molecule has 8 aromatic rings. The van der Waals surface area contributed by atoms with Crippen LogP contribution in [0, 0.1) is 0 Å². The Morgan fingerprint density at radius 3 is 1.69 bits per heavy atom. The second-order valence-corrected chi connectivity index (χ2v) is 11.9. The van der Waals surface area contributed by atoms with Crippen LogP contribution in [0.2, 0.25) is 0 Å². The van der Waals surface area contributed by atoms with Crippen LogP contribution in [0.3, 0.4) is 0 Å². The van der Waals surface area contributed by atoms with Gasteiger partial charge in [-0.3, -0.25) is 0 Å². The van der Waals surface area contributed by atoms with Gasteiger partial charge >= 0.3 is 0 Å². The zero-order valence-corrected chi connectivity index (χ0v) is 23.5. The van der Waals surface area contributed by atoms with Gasteiger partial charge in [0.25, 0.3) is 0 Å². The van der Waals surface area contributed by atoms with Crippen LogP contribution in [-0.2, 0) is 12.8 Å². The summed E-state index contributed by atoms with van der Waals surface area (Å²) in [6.45, 7) is 0. The second-order valence-electron chi connectivity index (χ2n) is 11.9. The lowest BCUT2D eigenvalue weighted by molar-refractivity contribution is 0.686. The molecule has 0 N–H and O–H groups in total. The van der Waals surface area contributed by atoms with E-state index in [1.807, 2.05) is 0 Å². The minimum absolute atomic E-state index is 1.19. The molecule has 0 amide bonds. The zero-order valence-electron chi connectivity index (χ0n) is 23.5. The molecule has 0 saturated heterocycles. The van der Waals surface area contributed by atoms with Gasteiger partial charge in [0.15, 0.2) is 0 Å². The Labute approximate surface area is 245 Å². The quantitative estimate of drug-likeness (QED) is 0.153. The highest BCUT2D eigenvalue weighted by atomic mass is 14.2. The predicted octanol–water partition coefficient (Wildman–Crippen LogP) is 11.7. The average Bonchev–Trinajstić information content (AvgIpc) is 3.05. The lowest BCUT2D eigenvalue weighted by Crippen LogP contribution is -2.02. The minimum Gasteiger partial charge on any atom is -0.0616 e. The number of fused-ring (bicyclic) bond motifs is 7. The Kier molecular flexibility index (Phi) is 5.25. The molecule has 0 radical (unpaired) electrons. The first-order chi connectivity index (χ1) is 20.8. The molecule has 0 spiro atoms. The predicted molar refractivity (Wildman–Crippen MR) is 181 cm³/mol. The van der Waals surface area contributed by atoms with Gasteiger partial charge in [-0.05, 0) is 125 Å². The fourth-order valence-electron chi connectivity index (χ4n) is 7.62. The van der Waals surface area contributed by atoms with Crippen molar-refractivity contribution in [2.75, 3.05) is 0 Å². The zero-order chi connectivity index (χ0) is 27.6. The topological polar surface area (TPSA) is 0 Å². The molecule has 1 aliphatic rings. The summed E-state index contributed by atoms with van der Waals surface area (Å²) in [5, 5.41) is 13.1. The van der Waals surface area contributed by atoms with Crippen LogP contribution in [0.25, 0.3) is 76.1 Å². The van der Waals surface area contributed by atoms with E-state index < -0.39 is 0 Å². The summed E-state index contributed by atoms with van der Waals surface area (Å²) in [6.07, 6.45) is 5.00. The van der Waals surface area contributed by atoms with Crippen LogP contribution in [-0.4, -0.2) is 0 Å². The van der Waals surface area contributed by atoms with Crippen LogP contribution in [0.1, 0.15) is 24.0 Å². The molecule has 0 aromatic heterocycles. The first-order valence-electron chi connectivity index (χ1n) is 15.2. The van der Waals surface area contributed by atoms with Crippen LogP contribution in [0.4, 0.5) is 0 Å². The number of rotatable bonds is 2. The van der Waals surface area contributed by atoms with Gasteiger partial charge in [-0.1, -0.05) is 121 Å². The summed E-state index contributed by atoms with van der Waals surface area (Å²) in [7, 11) is 0. The number of hydrogen-bond acceptors (Lipinski definition) is 0. The molecule has 42 heavy (non-hydrogen) atoms. The standard InChI is InChI=1S/C42H30/c1-2-11-28-25-32(21-20-27(28)10-1)41-36-14-5-7-16-38(36)42(39-17-8-6-15-37(39)41)35-19-9-18-33-34(35)23-22-31-24-29-12-3-4-13-30(29)26-40(31)33/h3-9,12-26H,1-2,10-11H2. The lowest BCUT2D eigenvalue weighted by Gasteiger charge is -2.21. The molecule has 198 valence electrons. The van der Waals surface area contributed by atoms with E-state index in [1.54, 1.807) is 0 Å². The summed E-state index contributed by atoms with van der Waals surface area (Å²) in [5.41, 5.74) is 8.39. The van der Waals surface area contributed by atoms with E-state index in [0.29, 0.717) is 0 Å². The van der Waals surface area contributed by atoms with Crippen molar-refractivity contribution in [1.82, 2.24) is 0 Å². The molecular weight excluding hydrogens is 504 g/mol. The molecule has 0 unspecified atom stereocenters. The summed E-state index contributed by atoms with van der Waals surface area (Å²) < 4.78 is 0. The van der Waals surface area contributed by atoms with E-state index in [2.05, 4.69) is 133 Å². The molecule has 9 rings (SSSR count). The third-order valence-corrected chi connectivity index (χ3v) is 9.58. The maximum absolute atomic E-state index is 2.48. The lowest BCUT2D eigenvalue weighted by atomic mass is 9.83.